The standard InChI is InChI=1S/C20H16ClN5O2/c1-3-10-28-14-6-4-13(5-7-14)15-11-18(27)22-20-19(15)12(2)25-26(20)17-9-8-16(21)23-24-17/h1,4-9,15H,10-11H2,2H3,(H,22,27). The maximum Gasteiger partial charge on any atom is 0.226 e. The fourth-order valence-electron chi connectivity index (χ4n) is 3.34. The lowest BCUT2D eigenvalue weighted by molar-refractivity contribution is -0.116. The van der Waals surface area contributed by atoms with Crippen LogP contribution in [-0.2, 0) is 4.79 Å². The van der Waals surface area contributed by atoms with Gasteiger partial charge in [0.15, 0.2) is 11.0 Å². The van der Waals surface area contributed by atoms with Crippen molar-refractivity contribution in [3.8, 4) is 23.9 Å². The molecule has 1 aliphatic heterocycles. The first-order chi connectivity index (χ1) is 13.6. The average molecular weight is 394 g/mol. The predicted octanol–water partition coefficient (Wildman–Crippen LogP) is 3.11. The molecule has 1 unspecified atom stereocenters. The van der Waals surface area contributed by atoms with E-state index in [0.717, 1.165) is 16.8 Å². The van der Waals surface area contributed by atoms with Crippen LogP contribution >= 0.6 is 11.6 Å². The second-order valence-corrected chi connectivity index (χ2v) is 6.73. The number of hydrogen-bond acceptors (Lipinski definition) is 5. The van der Waals surface area contributed by atoms with Crippen molar-refractivity contribution in [3.63, 3.8) is 0 Å². The van der Waals surface area contributed by atoms with Crippen LogP contribution < -0.4 is 10.1 Å². The van der Waals surface area contributed by atoms with Gasteiger partial charge in [0.25, 0.3) is 0 Å². The van der Waals surface area contributed by atoms with Gasteiger partial charge in [0.2, 0.25) is 5.91 Å². The summed E-state index contributed by atoms with van der Waals surface area (Å²) in [5.41, 5.74) is 2.76. The SMILES string of the molecule is C#CCOc1ccc(C2CC(=O)Nc3c2c(C)nn3-c2ccc(Cl)nn2)cc1. The zero-order valence-corrected chi connectivity index (χ0v) is 15.8. The Morgan fingerprint density at radius 2 is 2.07 bits per heavy atom. The Morgan fingerprint density at radius 1 is 1.29 bits per heavy atom. The van der Waals surface area contributed by atoms with Gasteiger partial charge in [-0.3, -0.25) is 4.79 Å². The van der Waals surface area contributed by atoms with Crippen molar-refractivity contribution in [2.24, 2.45) is 0 Å². The molecule has 1 aromatic carbocycles. The van der Waals surface area contributed by atoms with Gasteiger partial charge in [-0.25, -0.2) is 0 Å². The molecule has 1 atom stereocenters. The van der Waals surface area contributed by atoms with E-state index in [-0.39, 0.29) is 23.6 Å². The topological polar surface area (TPSA) is 81.9 Å². The van der Waals surface area contributed by atoms with Crippen LogP contribution in [0.15, 0.2) is 36.4 Å². The van der Waals surface area contributed by atoms with E-state index in [1.807, 2.05) is 31.2 Å². The van der Waals surface area contributed by atoms with Gasteiger partial charge < -0.3 is 10.1 Å². The number of ether oxygens (including phenoxy) is 1. The van der Waals surface area contributed by atoms with E-state index >= 15 is 0 Å². The van der Waals surface area contributed by atoms with E-state index in [4.69, 9.17) is 22.8 Å². The summed E-state index contributed by atoms with van der Waals surface area (Å²) in [7, 11) is 0. The molecule has 3 aromatic rings. The van der Waals surface area contributed by atoms with Crippen LogP contribution in [0.5, 0.6) is 5.75 Å². The molecule has 0 aliphatic carbocycles. The first-order valence-corrected chi connectivity index (χ1v) is 9.00. The molecule has 3 heterocycles. The quantitative estimate of drug-likeness (QED) is 0.689. The van der Waals surface area contributed by atoms with Crippen molar-refractivity contribution in [3.05, 3.63) is 58.4 Å². The van der Waals surface area contributed by atoms with Gasteiger partial charge in [-0.2, -0.15) is 9.78 Å². The van der Waals surface area contributed by atoms with E-state index in [0.29, 0.717) is 23.8 Å². The smallest absolute Gasteiger partial charge is 0.226 e. The number of rotatable bonds is 4. The molecule has 0 saturated carbocycles. The maximum absolute atomic E-state index is 12.4. The molecule has 28 heavy (non-hydrogen) atoms. The van der Waals surface area contributed by atoms with Crippen LogP contribution in [0.2, 0.25) is 5.15 Å². The number of fused-ring (bicyclic) bond motifs is 1. The lowest BCUT2D eigenvalue weighted by atomic mass is 9.86. The number of nitrogens with zero attached hydrogens (tertiary/aromatic N) is 4. The monoisotopic (exact) mass is 393 g/mol. The number of terminal acetylenes is 1. The summed E-state index contributed by atoms with van der Waals surface area (Å²) in [6.45, 7) is 2.12. The first-order valence-electron chi connectivity index (χ1n) is 8.62. The van der Waals surface area contributed by atoms with Crippen LogP contribution in [0.4, 0.5) is 5.82 Å². The van der Waals surface area contributed by atoms with Crippen molar-refractivity contribution in [1.29, 1.82) is 0 Å². The zero-order valence-electron chi connectivity index (χ0n) is 15.0. The van der Waals surface area contributed by atoms with E-state index in [2.05, 4.69) is 26.5 Å². The molecule has 0 radical (unpaired) electrons. The molecule has 1 amide bonds. The Labute approximate surface area is 166 Å². The number of benzene rings is 1. The van der Waals surface area contributed by atoms with Gasteiger partial charge >= 0.3 is 0 Å². The average Bonchev–Trinajstić information content (AvgIpc) is 3.03. The van der Waals surface area contributed by atoms with Crippen LogP contribution in [0.1, 0.15) is 29.2 Å². The molecule has 0 spiro atoms. The summed E-state index contributed by atoms with van der Waals surface area (Å²) < 4.78 is 7.01. The van der Waals surface area contributed by atoms with Gasteiger partial charge in [-0.1, -0.05) is 29.7 Å². The summed E-state index contributed by atoms with van der Waals surface area (Å²) in [6.07, 6.45) is 5.55. The normalized spacial score (nSPS) is 15.5. The fraction of sp³-hybridized carbons (Fsp3) is 0.200. The minimum atomic E-state index is -0.126. The van der Waals surface area contributed by atoms with Crippen molar-refractivity contribution in [1.82, 2.24) is 20.0 Å². The number of aryl methyl sites for hydroxylation is 1. The Kier molecular flexibility index (Phi) is 4.72. The first kappa shape index (κ1) is 18.0. The third-order valence-corrected chi connectivity index (χ3v) is 4.74. The summed E-state index contributed by atoms with van der Waals surface area (Å²) in [5.74, 6) is 3.99. The molecular formula is C20H16ClN5O2. The van der Waals surface area contributed by atoms with Crippen molar-refractivity contribution in [2.45, 2.75) is 19.3 Å². The summed E-state index contributed by atoms with van der Waals surface area (Å²) in [5, 5.41) is 15.7. The Bertz CT molecular complexity index is 1070. The predicted molar refractivity (Wildman–Crippen MR) is 105 cm³/mol. The minimum absolute atomic E-state index is 0.0896. The Hall–Kier alpha value is -3.37. The zero-order chi connectivity index (χ0) is 19.7. The van der Waals surface area contributed by atoms with Crippen LogP contribution in [0.3, 0.4) is 0 Å². The highest BCUT2D eigenvalue weighted by molar-refractivity contribution is 6.29. The number of carbonyl (C=O) groups excluding carboxylic acids is 1. The third kappa shape index (κ3) is 3.30. The van der Waals surface area contributed by atoms with E-state index in [1.165, 1.54) is 0 Å². The summed E-state index contributed by atoms with van der Waals surface area (Å²) >= 11 is 5.82. The lowest BCUT2D eigenvalue weighted by Gasteiger charge is -2.24. The second-order valence-electron chi connectivity index (χ2n) is 6.34. The Morgan fingerprint density at radius 3 is 2.75 bits per heavy atom. The van der Waals surface area contributed by atoms with Crippen LogP contribution in [0, 0.1) is 19.3 Å². The largest absolute Gasteiger partial charge is 0.481 e. The van der Waals surface area contributed by atoms with Crippen LogP contribution in [0.25, 0.3) is 5.82 Å². The number of amides is 1. The van der Waals surface area contributed by atoms with Crippen molar-refractivity contribution < 1.29 is 9.53 Å². The number of hydrogen-bond donors (Lipinski definition) is 1. The fourth-order valence-corrected chi connectivity index (χ4v) is 3.44. The molecule has 2 aromatic heterocycles. The number of anilines is 1. The number of halogens is 1. The van der Waals surface area contributed by atoms with Crippen LogP contribution in [-0.4, -0.2) is 32.5 Å². The molecule has 140 valence electrons. The molecule has 4 rings (SSSR count). The molecule has 7 nitrogen and oxygen atoms in total. The van der Waals surface area contributed by atoms with Gasteiger partial charge in [-0.15, -0.1) is 16.6 Å². The van der Waals surface area contributed by atoms with E-state index < -0.39 is 0 Å². The highest BCUT2D eigenvalue weighted by atomic mass is 35.5. The van der Waals surface area contributed by atoms with Gasteiger partial charge in [-0.05, 0) is 36.8 Å². The second kappa shape index (κ2) is 7.33. The molecule has 0 fully saturated rings. The van der Waals surface area contributed by atoms with Crippen molar-refractivity contribution >= 4 is 23.3 Å². The number of carbonyl (C=O) groups is 1. The summed E-state index contributed by atoms with van der Waals surface area (Å²) in [6, 6.07) is 10.9. The molecular weight excluding hydrogens is 378 g/mol. The van der Waals surface area contributed by atoms with Gasteiger partial charge in [0.05, 0.1) is 5.69 Å². The minimum Gasteiger partial charge on any atom is -0.481 e. The molecule has 1 aliphatic rings. The molecule has 8 heteroatoms. The summed E-state index contributed by atoms with van der Waals surface area (Å²) in [4.78, 5) is 12.4. The number of aromatic nitrogens is 4. The lowest BCUT2D eigenvalue weighted by Crippen LogP contribution is -2.25. The van der Waals surface area contributed by atoms with Gasteiger partial charge in [0, 0.05) is 17.9 Å². The third-order valence-electron chi connectivity index (χ3n) is 4.54. The van der Waals surface area contributed by atoms with E-state index in [1.54, 1.807) is 16.8 Å². The highest BCUT2D eigenvalue weighted by Gasteiger charge is 2.32. The van der Waals surface area contributed by atoms with E-state index in [9.17, 15) is 4.79 Å². The number of nitrogens with one attached hydrogen (secondary N) is 1. The highest BCUT2D eigenvalue weighted by Crippen LogP contribution is 2.40. The maximum atomic E-state index is 12.4. The molecule has 0 bridgehead atoms. The van der Waals surface area contributed by atoms with Gasteiger partial charge in [0.1, 0.15) is 18.2 Å². The Balaban J connectivity index is 1.74. The van der Waals surface area contributed by atoms with Crippen molar-refractivity contribution in [2.75, 3.05) is 11.9 Å². The molecule has 0 saturated heterocycles. The molecule has 1 N–H and O–H groups in total.